The predicted octanol–water partition coefficient (Wildman–Crippen LogP) is 2.96. The second-order valence-electron chi connectivity index (χ2n) is 7.86. The first-order valence-corrected chi connectivity index (χ1v) is 10.9. The molecule has 2 aromatic heterocycles. The summed E-state index contributed by atoms with van der Waals surface area (Å²) in [7, 11) is 2.71. The van der Waals surface area contributed by atoms with Crippen molar-refractivity contribution < 1.29 is 9.59 Å². The molecule has 0 spiro atoms. The monoisotopic (exact) mass is 457 g/mol. The summed E-state index contributed by atoms with van der Waals surface area (Å²) in [5.74, 6) is -0.203. The van der Waals surface area contributed by atoms with Gasteiger partial charge in [-0.15, -0.1) is 9.24 Å². The van der Waals surface area contributed by atoms with Crippen molar-refractivity contribution in [2.24, 2.45) is 5.73 Å². The molecule has 0 aliphatic carbocycles. The maximum atomic E-state index is 13.6. The van der Waals surface area contributed by atoms with Gasteiger partial charge in [0.05, 0.1) is 23.3 Å². The van der Waals surface area contributed by atoms with Gasteiger partial charge in [-0.25, -0.2) is 4.98 Å². The summed E-state index contributed by atoms with van der Waals surface area (Å²) in [6.07, 6.45) is 1.43. The molecule has 8 heteroatoms. The van der Waals surface area contributed by atoms with Gasteiger partial charge in [-0.2, -0.15) is 0 Å². The molecule has 2 amide bonds. The zero-order valence-electron chi connectivity index (χ0n) is 18.2. The number of hydrogen-bond donors (Lipinski definition) is 2. The van der Waals surface area contributed by atoms with Crippen LogP contribution in [0.4, 0.5) is 5.82 Å². The number of hydrogen-bond acceptors (Lipinski definition) is 5. The normalized spacial score (nSPS) is 10.8. The van der Waals surface area contributed by atoms with Crippen LogP contribution in [0.25, 0.3) is 10.9 Å². The third-order valence-corrected chi connectivity index (χ3v) is 6.02. The van der Waals surface area contributed by atoms with Gasteiger partial charge in [0.25, 0.3) is 5.91 Å². The predicted molar refractivity (Wildman–Crippen MR) is 133 cm³/mol. The van der Waals surface area contributed by atoms with E-state index >= 15 is 0 Å². The van der Waals surface area contributed by atoms with Crippen molar-refractivity contribution in [2.75, 3.05) is 5.73 Å². The Bertz CT molecular complexity index is 1360. The Kier molecular flexibility index (Phi) is 6.33. The molecule has 0 aliphatic heterocycles. The first kappa shape index (κ1) is 22.4. The molecule has 1 unspecified atom stereocenters. The van der Waals surface area contributed by atoms with E-state index < -0.39 is 5.91 Å². The maximum Gasteiger partial charge on any atom is 0.254 e. The van der Waals surface area contributed by atoms with Gasteiger partial charge in [0.2, 0.25) is 5.91 Å². The molecule has 4 N–H and O–H groups in total. The molecule has 0 fully saturated rings. The molecule has 2 aromatic carbocycles. The number of pyridine rings is 2. The fourth-order valence-electron chi connectivity index (χ4n) is 3.56. The van der Waals surface area contributed by atoms with Crippen LogP contribution in [0.15, 0.2) is 66.9 Å². The van der Waals surface area contributed by atoms with Gasteiger partial charge < -0.3 is 16.4 Å². The number of aromatic nitrogens is 2. The molecule has 4 rings (SSSR count). The molecule has 0 bridgehead atoms. The van der Waals surface area contributed by atoms with E-state index in [9.17, 15) is 9.59 Å². The largest absolute Gasteiger partial charge is 0.383 e. The van der Waals surface area contributed by atoms with E-state index in [1.54, 1.807) is 29.2 Å². The lowest BCUT2D eigenvalue weighted by atomic mass is 10.1. The van der Waals surface area contributed by atoms with Gasteiger partial charge in [0, 0.05) is 23.7 Å². The number of nitrogens with two attached hydrogens (primary N) is 2. The summed E-state index contributed by atoms with van der Waals surface area (Å²) in [5, 5.41) is 1.86. The third kappa shape index (κ3) is 4.99. The van der Waals surface area contributed by atoms with E-state index in [1.165, 1.54) is 6.20 Å². The minimum atomic E-state index is -0.542. The van der Waals surface area contributed by atoms with Crippen molar-refractivity contribution in [1.82, 2.24) is 14.9 Å². The van der Waals surface area contributed by atoms with Crippen molar-refractivity contribution in [3.05, 3.63) is 94.8 Å². The van der Waals surface area contributed by atoms with E-state index in [4.69, 9.17) is 11.5 Å². The summed E-state index contributed by atoms with van der Waals surface area (Å²) in [6, 6.07) is 18.5. The average Bonchev–Trinajstić information content (AvgIpc) is 2.80. The van der Waals surface area contributed by atoms with E-state index in [2.05, 4.69) is 19.2 Å². The van der Waals surface area contributed by atoms with E-state index in [0.29, 0.717) is 29.2 Å². The first-order chi connectivity index (χ1) is 15.8. The Morgan fingerprint density at radius 2 is 1.76 bits per heavy atom. The second-order valence-corrected chi connectivity index (χ2v) is 8.48. The SMILES string of the molecule is Cc1cc2cc(C(=O)N(Cc3ccc(C(N)=O)cn3)Cc3ccccc3P)ccc2nc1N. The van der Waals surface area contributed by atoms with Crippen LogP contribution in [0.5, 0.6) is 0 Å². The fraction of sp³-hybridized carbons (Fsp3) is 0.120. The van der Waals surface area contributed by atoms with Crippen molar-refractivity contribution in [3.8, 4) is 0 Å². The number of nitrogens with zero attached hydrogens (tertiary/aromatic N) is 3. The van der Waals surface area contributed by atoms with Crippen LogP contribution in [0, 0.1) is 6.92 Å². The van der Waals surface area contributed by atoms with E-state index in [-0.39, 0.29) is 12.5 Å². The van der Waals surface area contributed by atoms with Crippen LogP contribution in [-0.4, -0.2) is 26.7 Å². The molecule has 7 nitrogen and oxygen atoms in total. The van der Waals surface area contributed by atoms with Crippen LogP contribution in [0.3, 0.4) is 0 Å². The van der Waals surface area contributed by atoms with E-state index in [0.717, 1.165) is 27.3 Å². The number of nitrogen functional groups attached to an aromatic ring is 1. The zero-order valence-corrected chi connectivity index (χ0v) is 19.3. The number of primary amides is 1. The molecule has 33 heavy (non-hydrogen) atoms. The van der Waals surface area contributed by atoms with Gasteiger partial charge in [-0.05, 0) is 59.8 Å². The molecule has 2 heterocycles. The van der Waals surface area contributed by atoms with Gasteiger partial charge >= 0.3 is 0 Å². The highest BCUT2D eigenvalue weighted by atomic mass is 31.0. The average molecular weight is 457 g/mol. The van der Waals surface area contributed by atoms with Crippen LogP contribution >= 0.6 is 9.24 Å². The molecule has 0 saturated heterocycles. The van der Waals surface area contributed by atoms with Crippen LogP contribution < -0.4 is 16.8 Å². The zero-order chi connectivity index (χ0) is 23.5. The standard InChI is InChI=1S/C25H24N5O2P/c1-15-10-19-11-16(7-9-21(19)29-23(15)26)25(32)30(13-18-4-2-3-5-22(18)33)14-20-8-6-17(12-28-20)24(27)31/h2-12H,13-14,33H2,1H3,(H2,26,29)(H2,27,31). The Morgan fingerprint density at radius 3 is 2.45 bits per heavy atom. The summed E-state index contributed by atoms with van der Waals surface area (Å²) in [6.45, 7) is 2.56. The van der Waals surface area contributed by atoms with Crippen LogP contribution in [-0.2, 0) is 13.1 Å². The summed E-state index contributed by atoms with van der Waals surface area (Å²) < 4.78 is 0. The van der Waals surface area contributed by atoms with Crippen molar-refractivity contribution in [2.45, 2.75) is 20.0 Å². The van der Waals surface area contributed by atoms with Gasteiger partial charge in [-0.1, -0.05) is 24.3 Å². The van der Waals surface area contributed by atoms with Crippen molar-refractivity contribution in [1.29, 1.82) is 0 Å². The molecule has 1 atom stereocenters. The molecule has 0 saturated carbocycles. The Hall–Kier alpha value is -3.83. The fourth-order valence-corrected chi connectivity index (χ4v) is 3.85. The molecular formula is C25H24N5O2P. The highest BCUT2D eigenvalue weighted by molar-refractivity contribution is 7.27. The number of amides is 2. The number of anilines is 1. The van der Waals surface area contributed by atoms with Gasteiger partial charge in [-0.3, -0.25) is 14.6 Å². The smallest absolute Gasteiger partial charge is 0.254 e. The lowest BCUT2D eigenvalue weighted by Crippen LogP contribution is -2.31. The molecule has 0 radical (unpaired) electrons. The number of carbonyl (C=O) groups excluding carboxylic acids is 2. The number of carbonyl (C=O) groups is 2. The molecule has 166 valence electrons. The van der Waals surface area contributed by atoms with E-state index in [1.807, 2.05) is 43.3 Å². The minimum absolute atomic E-state index is 0.139. The third-order valence-electron chi connectivity index (χ3n) is 5.46. The number of fused-ring (bicyclic) bond motifs is 1. The lowest BCUT2D eigenvalue weighted by Gasteiger charge is -2.24. The summed E-state index contributed by atoms with van der Waals surface area (Å²) in [4.78, 5) is 35.4. The Balaban J connectivity index is 1.69. The van der Waals surface area contributed by atoms with Crippen LogP contribution in [0.1, 0.15) is 37.5 Å². The summed E-state index contributed by atoms with van der Waals surface area (Å²) >= 11 is 0. The number of rotatable bonds is 6. The molecule has 4 aromatic rings. The molecular weight excluding hydrogens is 433 g/mol. The van der Waals surface area contributed by atoms with Crippen molar-refractivity contribution >= 4 is 43.1 Å². The highest BCUT2D eigenvalue weighted by Crippen LogP contribution is 2.21. The highest BCUT2D eigenvalue weighted by Gasteiger charge is 2.19. The minimum Gasteiger partial charge on any atom is -0.383 e. The van der Waals surface area contributed by atoms with Gasteiger partial charge in [0.15, 0.2) is 0 Å². The van der Waals surface area contributed by atoms with Gasteiger partial charge in [0.1, 0.15) is 5.82 Å². The number of benzene rings is 2. The topological polar surface area (TPSA) is 115 Å². The second kappa shape index (κ2) is 9.35. The molecule has 0 aliphatic rings. The quantitative estimate of drug-likeness (QED) is 0.432. The first-order valence-electron chi connectivity index (χ1n) is 10.4. The Morgan fingerprint density at radius 1 is 1.00 bits per heavy atom. The van der Waals surface area contributed by atoms with Crippen molar-refractivity contribution in [3.63, 3.8) is 0 Å². The number of aryl methyl sites for hydroxylation is 1. The lowest BCUT2D eigenvalue weighted by molar-refractivity contribution is 0.0728. The van der Waals surface area contributed by atoms with Crippen LogP contribution in [0.2, 0.25) is 0 Å². The summed E-state index contributed by atoms with van der Waals surface area (Å²) in [5.41, 5.74) is 15.4. The maximum absolute atomic E-state index is 13.6. The Labute approximate surface area is 194 Å².